The first-order valence-electron chi connectivity index (χ1n) is 5.29. The molecule has 1 unspecified atom stereocenters. The van der Waals surface area contributed by atoms with Crippen molar-refractivity contribution in [3.8, 4) is 0 Å². The molecule has 0 radical (unpaired) electrons. The van der Waals surface area contributed by atoms with Gasteiger partial charge in [-0.3, -0.25) is 9.89 Å². The lowest BCUT2D eigenvalue weighted by Gasteiger charge is -2.22. The number of carbonyl (C=O) groups excluding carboxylic acids is 1. The quantitative estimate of drug-likeness (QED) is 0.641. The standard InChI is InChI=1S/C9H15N5OS/c15-9(7-5-16-4-3-10-7)11-2-1-8-12-6-13-14-8/h6-7,10H,1-5H2,(H,11,15)(H,12,13,14). The fraction of sp³-hybridized carbons (Fsp3) is 0.667. The highest BCUT2D eigenvalue weighted by molar-refractivity contribution is 7.99. The minimum Gasteiger partial charge on any atom is -0.354 e. The van der Waals surface area contributed by atoms with Crippen LogP contribution in [0.4, 0.5) is 0 Å². The van der Waals surface area contributed by atoms with E-state index < -0.39 is 0 Å². The molecule has 1 aromatic heterocycles. The number of rotatable bonds is 4. The van der Waals surface area contributed by atoms with Crippen LogP contribution in [-0.4, -0.2) is 51.7 Å². The molecule has 1 amide bonds. The van der Waals surface area contributed by atoms with E-state index >= 15 is 0 Å². The van der Waals surface area contributed by atoms with Crippen LogP contribution in [0.1, 0.15) is 5.82 Å². The number of thioether (sulfide) groups is 1. The van der Waals surface area contributed by atoms with Crippen LogP contribution in [0.5, 0.6) is 0 Å². The predicted octanol–water partition coefficient (Wildman–Crippen LogP) is -0.832. The molecule has 2 rings (SSSR count). The van der Waals surface area contributed by atoms with Gasteiger partial charge in [-0.2, -0.15) is 16.9 Å². The number of aromatic amines is 1. The number of hydrogen-bond donors (Lipinski definition) is 3. The summed E-state index contributed by atoms with van der Waals surface area (Å²) in [6.45, 7) is 1.50. The number of aromatic nitrogens is 3. The van der Waals surface area contributed by atoms with E-state index in [0.717, 1.165) is 23.9 Å². The van der Waals surface area contributed by atoms with Gasteiger partial charge in [-0.1, -0.05) is 0 Å². The molecule has 88 valence electrons. The largest absolute Gasteiger partial charge is 0.354 e. The Morgan fingerprint density at radius 1 is 1.69 bits per heavy atom. The van der Waals surface area contributed by atoms with Crippen LogP contribution in [-0.2, 0) is 11.2 Å². The summed E-state index contributed by atoms with van der Waals surface area (Å²) in [6.07, 6.45) is 2.15. The van der Waals surface area contributed by atoms with Crippen molar-refractivity contribution in [1.82, 2.24) is 25.8 Å². The van der Waals surface area contributed by atoms with Gasteiger partial charge in [0, 0.05) is 31.0 Å². The Balaban J connectivity index is 1.67. The fourth-order valence-electron chi connectivity index (χ4n) is 1.51. The monoisotopic (exact) mass is 241 g/mol. The lowest BCUT2D eigenvalue weighted by Crippen LogP contribution is -2.49. The van der Waals surface area contributed by atoms with Gasteiger partial charge >= 0.3 is 0 Å². The highest BCUT2D eigenvalue weighted by atomic mass is 32.2. The number of nitrogens with one attached hydrogen (secondary N) is 3. The molecule has 1 fully saturated rings. The van der Waals surface area contributed by atoms with E-state index in [1.54, 1.807) is 0 Å². The average molecular weight is 241 g/mol. The predicted molar refractivity (Wildman–Crippen MR) is 62.2 cm³/mol. The van der Waals surface area contributed by atoms with Crippen molar-refractivity contribution in [2.75, 3.05) is 24.6 Å². The Bertz CT molecular complexity index is 323. The van der Waals surface area contributed by atoms with Crippen molar-refractivity contribution in [2.24, 2.45) is 0 Å². The van der Waals surface area contributed by atoms with Gasteiger partial charge in [-0.15, -0.1) is 0 Å². The third-order valence-corrected chi connectivity index (χ3v) is 3.43. The van der Waals surface area contributed by atoms with Gasteiger partial charge in [0.25, 0.3) is 0 Å². The molecular formula is C9H15N5OS. The van der Waals surface area contributed by atoms with Gasteiger partial charge in [-0.25, -0.2) is 4.98 Å². The van der Waals surface area contributed by atoms with Gasteiger partial charge in [0.05, 0.1) is 6.04 Å². The number of amides is 1. The van der Waals surface area contributed by atoms with Crippen molar-refractivity contribution in [2.45, 2.75) is 12.5 Å². The summed E-state index contributed by atoms with van der Waals surface area (Å²) >= 11 is 1.81. The van der Waals surface area contributed by atoms with Crippen LogP contribution < -0.4 is 10.6 Å². The first-order chi connectivity index (χ1) is 7.86. The zero-order chi connectivity index (χ0) is 11.2. The molecule has 2 heterocycles. The molecule has 7 heteroatoms. The highest BCUT2D eigenvalue weighted by Gasteiger charge is 2.20. The molecule has 1 aromatic rings. The summed E-state index contributed by atoms with van der Waals surface area (Å²) < 4.78 is 0. The summed E-state index contributed by atoms with van der Waals surface area (Å²) in [6, 6.07) is -0.0477. The summed E-state index contributed by atoms with van der Waals surface area (Å²) in [4.78, 5) is 15.7. The molecule has 1 aliphatic rings. The Kier molecular flexibility index (Phi) is 4.17. The van der Waals surface area contributed by atoms with Crippen molar-refractivity contribution in [1.29, 1.82) is 0 Å². The third-order valence-electron chi connectivity index (χ3n) is 2.36. The van der Waals surface area contributed by atoms with E-state index in [1.165, 1.54) is 6.33 Å². The number of hydrogen-bond acceptors (Lipinski definition) is 5. The first kappa shape index (κ1) is 11.4. The lowest BCUT2D eigenvalue weighted by atomic mass is 10.3. The second-order valence-corrected chi connectivity index (χ2v) is 4.70. The maximum Gasteiger partial charge on any atom is 0.238 e. The number of carbonyl (C=O) groups is 1. The average Bonchev–Trinajstić information content (AvgIpc) is 2.83. The minimum atomic E-state index is -0.0477. The lowest BCUT2D eigenvalue weighted by molar-refractivity contribution is -0.122. The second kappa shape index (κ2) is 5.86. The molecule has 0 aromatic carbocycles. The molecule has 0 aliphatic carbocycles. The van der Waals surface area contributed by atoms with E-state index in [9.17, 15) is 4.79 Å². The van der Waals surface area contributed by atoms with E-state index in [-0.39, 0.29) is 11.9 Å². The van der Waals surface area contributed by atoms with Crippen LogP contribution in [0, 0.1) is 0 Å². The second-order valence-electron chi connectivity index (χ2n) is 3.55. The smallest absolute Gasteiger partial charge is 0.238 e. The van der Waals surface area contributed by atoms with Crippen molar-refractivity contribution in [3.63, 3.8) is 0 Å². The Hall–Kier alpha value is -1.08. The van der Waals surface area contributed by atoms with Gasteiger partial charge in [-0.05, 0) is 0 Å². The van der Waals surface area contributed by atoms with Gasteiger partial charge < -0.3 is 10.6 Å². The van der Waals surface area contributed by atoms with E-state index in [0.29, 0.717) is 13.0 Å². The van der Waals surface area contributed by atoms with Crippen LogP contribution in [0.15, 0.2) is 6.33 Å². The van der Waals surface area contributed by atoms with Crippen LogP contribution in [0.25, 0.3) is 0 Å². The first-order valence-corrected chi connectivity index (χ1v) is 6.45. The zero-order valence-electron chi connectivity index (χ0n) is 8.90. The van der Waals surface area contributed by atoms with Crippen LogP contribution in [0.2, 0.25) is 0 Å². The summed E-state index contributed by atoms with van der Waals surface area (Å²) in [5.74, 6) is 2.81. The highest BCUT2D eigenvalue weighted by Crippen LogP contribution is 2.07. The zero-order valence-corrected chi connectivity index (χ0v) is 9.72. The maximum atomic E-state index is 11.7. The van der Waals surface area contributed by atoms with Gasteiger partial charge in [0.15, 0.2) is 0 Å². The topological polar surface area (TPSA) is 82.7 Å². The van der Waals surface area contributed by atoms with Crippen molar-refractivity contribution in [3.05, 3.63) is 12.2 Å². The van der Waals surface area contributed by atoms with E-state index in [2.05, 4.69) is 25.8 Å². The van der Waals surface area contributed by atoms with E-state index in [4.69, 9.17) is 0 Å². The van der Waals surface area contributed by atoms with Crippen LogP contribution in [0.3, 0.4) is 0 Å². The Morgan fingerprint density at radius 3 is 3.31 bits per heavy atom. The third kappa shape index (κ3) is 3.21. The molecule has 0 saturated carbocycles. The summed E-state index contributed by atoms with van der Waals surface area (Å²) in [7, 11) is 0. The molecule has 0 bridgehead atoms. The molecule has 1 aliphatic heterocycles. The molecular weight excluding hydrogens is 226 g/mol. The Labute approximate surface area is 98.0 Å². The Morgan fingerprint density at radius 2 is 2.62 bits per heavy atom. The molecule has 3 N–H and O–H groups in total. The van der Waals surface area contributed by atoms with E-state index in [1.807, 2.05) is 11.8 Å². The minimum absolute atomic E-state index is 0.0477. The molecule has 6 nitrogen and oxygen atoms in total. The molecule has 16 heavy (non-hydrogen) atoms. The number of nitrogens with zero attached hydrogens (tertiary/aromatic N) is 2. The summed E-state index contributed by atoms with van der Waals surface area (Å²) in [5, 5.41) is 12.6. The van der Waals surface area contributed by atoms with Gasteiger partial charge in [0.2, 0.25) is 5.91 Å². The molecule has 1 atom stereocenters. The normalized spacial score (nSPS) is 20.6. The number of H-pyrrole nitrogens is 1. The molecule has 0 spiro atoms. The fourth-order valence-corrected chi connectivity index (χ4v) is 2.45. The SMILES string of the molecule is O=C(NCCc1ncn[nH]1)C1CSCCN1. The maximum absolute atomic E-state index is 11.7. The van der Waals surface area contributed by atoms with Crippen molar-refractivity contribution < 1.29 is 4.79 Å². The summed E-state index contributed by atoms with van der Waals surface area (Å²) in [5.41, 5.74) is 0. The molecule has 1 saturated heterocycles. The van der Waals surface area contributed by atoms with Crippen molar-refractivity contribution >= 4 is 17.7 Å². The van der Waals surface area contributed by atoms with Gasteiger partial charge in [0.1, 0.15) is 12.2 Å². The van der Waals surface area contributed by atoms with Crippen LogP contribution >= 0.6 is 11.8 Å².